The second-order valence-electron chi connectivity index (χ2n) is 4.04. The predicted molar refractivity (Wildman–Crippen MR) is 68.1 cm³/mol. The summed E-state index contributed by atoms with van der Waals surface area (Å²) in [7, 11) is 0. The maximum atomic E-state index is 6.06. The van der Waals surface area contributed by atoms with Gasteiger partial charge in [-0.2, -0.15) is 0 Å². The third-order valence-corrected chi connectivity index (χ3v) is 4.52. The highest BCUT2D eigenvalue weighted by Gasteiger charge is 2.18. The minimum absolute atomic E-state index is 0.402. The van der Waals surface area contributed by atoms with Gasteiger partial charge in [-0.3, -0.25) is 0 Å². The van der Waals surface area contributed by atoms with Crippen molar-refractivity contribution in [2.45, 2.75) is 43.6 Å². The number of rotatable bonds is 3. The Morgan fingerprint density at radius 1 is 1.27 bits per heavy atom. The van der Waals surface area contributed by atoms with Gasteiger partial charge in [0.2, 0.25) is 0 Å². The SMILES string of the molecule is Clc1ccc(CNC2CCC(Cl)CC2)s1. The van der Waals surface area contributed by atoms with Crippen molar-refractivity contribution in [3.05, 3.63) is 21.3 Å². The van der Waals surface area contributed by atoms with Crippen molar-refractivity contribution >= 4 is 34.5 Å². The Labute approximate surface area is 105 Å². The summed E-state index contributed by atoms with van der Waals surface area (Å²) in [6, 6.07) is 4.69. The van der Waals surface area contributed by atoms with Gasteiger partial charge in [-0.05, 0) is 37.8 Å². The lowest BCUT2D eigenvalue weighted by atomic mass is 9.95. The molecule has 1 aromatic rings. The van der Waals surface area contributed by atoms with E-state index >= 15 is 0 Å². The molecular weight excluding hydrogens is 249 g/mol. The molecule has 0 aliphatic heterocycles. The molecule has 15 heavy (non-hydrogen) atoms. The second kappa shape index (κ2) is 5.53. The Morgan fingerprint density at radius 2 is 2.00 bits per heavy atom. The summed E-state index contributed by atoms with van der Waals surface area (Å²) in [5.41, 5.74) is 0. The molecule has 1 aliphatic carbocycles. The van der Waals surface area contributed by atoms with Crippen LogP contribution in [-0.4, -0.2) is 11.4 Å². The first kappa shape index (κ1) is 11.7. The fourth-order valence-electron chi connectivity index (χ4n) is 1.95. The average Bonchev–Trinajstić information content (AvgIpc) is 2.64. The van der Waals surface area contributed by atoms with Gasteiger partial charge in [-0.15, -0.1) is 22.9 Å². The first-order valence-electron chi connectivity index (χ1n) is 5.35. The lowest BCUT2D eigenvalue weighted by Crippen LogP contribution is -2.32. The molecule has 1 nitrogen and oxygen atoms in total. The van der Waals surface area contributed by atoms with E-state index in [2.05, 4.69) is 11.4 Å². The zero-order valence-electron chi connectivity index (χ0n) is 8.51. The molecule has 1 aliphatic rings. The fraction of sp³-hybridized carbons (Fsp3) is 0.636. The maximum Gasteiger partial charge on any atom is 0.0931 e. The Hall–Kier alpha value is 0.240. The van der Waals surface area contributed by atoms with E-state index in [1.54, 1.807) is 11.3 Å². The van der Waals surface area contributed by atoms with Crippen molar-refractivity contribution in [3.8, 4) is 0 Å². The Balaban J connectivity index is 1.74. The monoisotopic (exact) mass is 263 g/mol. The summed E-state index contributed by atoms with van der Waals surface area (Å²) < 4.78 is 0.872. The summed E-state index contributed by atoms with van der Waals surface area (Å²) in [6.45, 7) is 0.939. The van der Waals surface area contributed by atoms with E-state index in [-0.39, 0.29) is 0 Å². The molecule has 1 N–H and O–H groups in total. The van der Waals surface area contributed by atoms with E-state index in [9.17, 15) is 0 Å². The topological polar surface area (TPSA) is 12.0 Å². The summed E-state index contributed by atoms with van der Waals surface area (Å²) in [6.07, 6.45) is 4.69. The van der Waals surface area contributed by atoms with Crippen molar-refractivity contribution in [3.63, 3.8) is 0 Å². The van der Waals surface area contributed by atoms with Crippen molar-refractivity contribution in [2.75, 3.05) is 0 Å². The van der Waals surface area contributed by atoms with Crippen molar-refractivity contribution < 1.29 is 0 Å². The van der Waals surface area contributed by atoms with Gasteiger partial charge in [0.05, 0.1) is 4.34 Å². The first-order valence-corrected chi connectivity index (χ1v) is 6.99. The van der Waals surface area contributed by atoms with Crippen LogP contribution in [0.5, 0.6) is 0 Å². The van der Waals surface area contributed by atoms with E-state index < -0.39 is 0 Å². The Kier molecular flexibility index (Phi) is 4.32. The molecule has 0 unspecified atom stereocenters. The number of hydrogen-bond donors (Lipinski definition) is 1. The van der Waals surface area contributed by atoms with Crippen LogP contribution in [0, 0.1) is 0 Å². The maximum absolute atomic E-state index is 6.06. The van der Waals surface area contributed by atoms with E-state index in [0.29, 0.717) is 11.4 Å². The summed E-state index contributed by atoms with van der Waals surface area (Å²) in [4.78, 5) is 1.31. The van der Waals surface area contributed by atoms with Crippen LogP contribution in [-0.2, 0) is 6.54 Å². The quantitative estimate of drug-likeness (QED) is 0.812. The van der Waals surface area contributed by atoms with Gasteiger partial charge >= 0.3 is 0 Å². The van der Waals surface area contributed by atoms with Gasteiger partial charge in [0.25, 0.3) is 0 Å². The molecule has 0 radical (unpaired) electrons. The van der Waals surface area contributed by atoms with Crippen LogP contribution in [0.4, 0.5) is 0 Å². The molecule has 1 saturated carbocycles. The molecule has 0 amide bonds. The van der Waals surface area contributed by atoms with Gasteiger partial charge in [0.1, 0.15) is 0 Å². The molecule has 1 heterocycles. The van der Waals surface area contributed by atoms with Crippen LogP contribution in [0.3, 0.4) is 0 Å². The van der Waals surface area contributed by atoms with Gasteiger partial charge in [-0.25, -0.2) is 0 Å². The molecule has 0 atom stereocenters. The smallest absolute Gasteiger partial charge is 0.0931 e. The van der Waals surface area contributed by atoms with Crippen molar-refractivity contribution in [1.29, 1.82) is 0 Å². The highest BCUT2D eigenvalue weighted by Crippen LogP contribution is 2.24. The molecule has 2 rings (SSSR count). The van der Waals surface area contributed by atoms with Crippen LogP contribution in [0.15, 0.2) is 12.1 Å². The van der Waals surface area contributed by atoms with Gasteiger partial charge in [-0.1, -0.05) is 11.6 Å². The van der Waals surface area contributed by atoms with E-state index in [4.69, 9.17) is 23.2 Å². The summed E-state index contributed by atoms with van der Waals surface area (Å²) in [5.74, 6) is 0. The standard InChI is InChI=1S/C11H15Cl2NS/c12-8-1-3-9(4-2-8)14-7-10-5-6-11(13)15-10/h5-6,8-9,14H,1-4,7H2. The summed E-state index contributed by atoms with van der Waals surface area (Å²) in [5, 5.41) is 3.97. The Morgan fingerprint density at radius 3 is 2.60 bits per heavy atom. The van der Waals surface area contributed by atoms with Crippen LogP contribution < -0.4 is 5.32 Å². The number of hydrogen-bond acceptors (Lipinski definition) is 2. The average molecular weight is 264 g/mol. The molecule has 84 valence electrons. The minimum Gasteiger partial charge on any atom is -0.309 e. The lowest BCUT2D eigenvalue weighted by molar-refractivity contribution is 0.377. The van der Waals surface area contributed by atoms with Gasteiger partial charge in [0, 0.05) is 22.8 Å². The highest BCUT2D eigenvalue weighted by atomic mass is 35.5. The van der Waals surface area contributed by atoms with Crippen LogP contribution in [0.2, 0.25) is 4.34 Å². The fourth-order valence-corrected chi connectivity index (χ4v) is 3.24. The summed E-state index contributed by atoms with van der Waals surface area (Å²) >= 11 is 13.6. The van der Waals surface area contributed by atoms with Crippen LogP contribution in [0.25, 0.3) is 0 Å². The molecule has 1 aromatic heterocycles. The zero-order valence-corrected chi connectivity index (χ0v) is 10.8. The first-order chi connectivity index (χ1) is 7.24. The predicted octanol–water partition coefficient (Wildman–Crippen LogP) is 4.04. The molecule has 0 spiro atoms. The minimum atomic E-state index is 0.402. The number of nitrogens with one attached hydrogen (secondary N) is 1. The van der Waals surface area contributed by atoms with Gasteiger partial charge < -0.3 is 5.32 Å². The van der Waals surface area contributed by atoms with Crippen LogP contribution >= 0.6 is 34.5 Å². The molecule has 1 fully saturated rings. The van der Waals surface area contributed by atoms with Crippen LogP contribution in [0.1, 0.15) is 30.6 Å². The molecule has 0 saturated heterocycles. The number of alkyl halides is 1. The molecule has 0 aromatic carbocycles. The van der Waals surface area contributed by atoms with Gasteiger partial charge in [0.15, 0.2) is 0 Å². The van der Waals surface area contributed by atoms with E-state index in [0.717, 1.165) is 23.7 Å². The molecular formula is C11H15Cl2NS. The number of thiophene rings is 1. The second-order valence-corrected chi connectivity index (χ2v) is 6.45. The van der Waals surface area contributed by atoms with E-state index in [1.165, 1.54) is 17.7 Å². The number of halogens is 2. The van der Waals surface area contributed by atoms with Crippen molar-refractivity contribution in [2.24, 2.45) is 0 Å². The van der Waals surface area contributed by atoms with Crippen molar-refractivity contribution in [1.82, 2.24) is 5.32 Å². The highest BCUT2D eigenvalue weighted by molar-refractivity contribution is 7.16. The normalized spacial score (nSPS) is 26.8. The molecule has 0 bridgehead atoms. The molecule has 4 heteroatoms. The third-order valence-electron chi connectivity index (χ3n) is 2.85. The largest absolute Gasteiger partial charge is 0.309 e. The lowest BCUT2D eigenvalue weighted by Gasteiger charge is -2.25. The third kappa shape index (κ3) is 3.63. The van der Waals surface area contributed by atoms with E-state index in [1.807, 2.05) is 6.07 Å². The Bertz CT molecular complexity index is 305. The zero-order chi connectivity index (χ0) is 10.7.